The van der Waals surface area contributed by atoms with E-state index in [0.717, 1.165) is 25.9 Å². The lowest BCUT2D eigenvalue weighted by Crippen LogP contribution is -2.55. The smallest absolute Gasteiger partial charge is 0.223 e. The summed E-state index contributed by atoms with van der Waals surface area (Å²) in [6.45, 7) is 12.5. The number of rotatable bonds is 4. The molecule has 3 nitrogen and oxygen atoms in total. The molecule has 1 N–H and O–H groups in total. The molecule has 0 saturated carbocycles. The molecule has 0 aromatic rings. The molecule has 1 aliphatic heterocycles. The Morgan fingerprint density at radius 2 is 1.72 bits per heavy atom. The van der Waals surface area contributed by atoms with E-state index in [9.17, 15) is 4.79 Å². The zero-order valence-corrected chi connectivity index (χ0v) is 13.3. The Balaban J connectivity index is 2.50. The minimum atomic E-state index is -0.0423. The number of thiol groups is 1. The zero-order chi connectivity index (χ0) is 13.9. The second kappa shape index (κ2) is 6.29. The van der Waals surface area contributed by atoms with Crippen LogP contribution in [0.15, 0.2) is 0 Å². The number of amides is 1. The van der Waals surface area contributed by atoms with E-state index in [1.807, 2.05) is 6.92 Å². The van der Waals surface area contributed by atoms with Crippen LogP contribution in [0.5, 0.6) is 0 Å². The molecular weight excluding hydrogens is 244 g/mol. The van der Waals surface area contributed by atoms with Gasteiger partial charge < -0.3 is 5.32 Å². The van der Waals surface area contributed by atoms with Gasteiger partial charge in [-0.2, -0.15) is 12.6 Å². The van der Waals surface area contributed by atoms with Gasteiger partial charge in [0.1, 0.15) is 0 Å². The minimum Gasteiger partial charge on any atom is -0.351 e. The third kappa shape index (κ3) is 4.16. The summed E-state index contributed by atoms with van der Waals surface area (Å²) in [6.07, 6.45) is 2.02. The molecule has 2 atom stereocenters. The normalized spacial score (nSPS) is 23.7. The zero-order valence-electron chi connectivity index (χ0n) is 12.4. The van der Waals surface area contributed by atoms with E-state index in [4.69, 9.17) is 0 Å². The van der Waals surface area contributed by atoms with Gasteiger partial charge in [0, 0.05) is 29.9 Å². The fourth-order valence-corrected chi connectivity index (χ4v) is 2.46. The first-order valence-electron chi connectivity index (χ1n) is 6.99. The summed E-state index contributed by atoms with van der Waals surface area (Å²) in [7, 11) is 0. The molecule has 1 heterocycles. The first-order chi connectivity index (χ1) is 8.25. The number of nitrogens with zero attached hydrogens (tertiary/aromatic N) is 1. The molecular formula is C14H28N2OS. The van der Waals surface area contributed by atoms with Gasteiger partial charge in [-0.05, 0) is 32.6 Å². The average Bonchev–Trinajstić information content (AvgIpc) is 2.27. The van der Waals surface area contributed by atoms with E-state index in [1.165, 1.54) is 0 Å². The summed E-state index contributed by atoms with van der Waals surface area (Å²) in [5.74, 6) is 0.676. The van der Waals surface area contributed by atoms with Crippen molar-refractivity contribution in [1.82, 2.24) is 10.2 Å². The third-order valence-corrected chi connectivity index (χ3v) is 4.60. The van der Waals surface area contributed by atoms with E-state index in [-0.39, 0.29) is 17.4 Å². The first-order valence-corrected chi connectivity index (χ1v) is 7.51. The highest BCUT2D eigenvalue weighted by atomic mass is 32.1. The first kappa shape index (κ1) is 15.8. The predicted molar refractivity (Wildman–Crippen MR) is 79.8 cm³/mol. The van der Waals surface area contributed by atoms with Gasteiger partial charge >= 0.3 is 0 Å². The quantitative estimate of drug-likeness (QED) is 0.771. The molecule has 0 aromatic carbocycles. The van der Waals surface area contributed by atoms with Crippen molar-refractivity contribution in [2.24, 2.45) is 11.8 Å². The number of hydrogen-bond acceptors (Lipinski definition) is 3. The fraction of sp³-hybridized carbons (Fsp3) is 0.929. The van der Waals surface area contributed by atoms with Crippen molar-refractivity contribution in [1.29, 1.82) is 0 Å². The summed E-state index contributed by atoms with van der Waals surface area (Å²) in [6, 6.07) is 0. The van der Waals surface area contributed by atoms with Crippen LogP contribution >= 0.6 is 12.6 Å². The molecule has 1 rings (SSSR count). The Bertz CT molecular complexity index is 284. The van der Waals surface area contributed by atoms with Crippen molar-refractivity contribution in [3.63, 3.8) is 0 Å². The molecule has 0 radical (unpaired) electrons. The highest BCUT2D eigenvalue weighted by Gasteiger charge is 2.33. The predicted octanol–water partition coefficient (Wildman–Crippen LogP) is 2.53. The van der Waals surface area contributed by atoms with Crippen LogP contribution in [0, 0.1) is 11.8 Å². The SMILES string of the molecule is CC(C)C(C)C(=O)NC1(C)CCN(C(C)S)CC1. The average molecular weight is 272 g/mol. The molecule has 4 heteroatoms. The van der Waals surface area contributed by atoms with Crippen molar-refractivity contribution in [2.45, 2.75) is 58.4 Å². The Labute approximate surface area is 117 Å². The standard InChI is InChI=1S/C14H28N2OS/c1-10(2)11(3)13(17)15-14(5)6-8-16(9-7-14)12(4)18/h10-12,18H,6-9H2,1-5H3,(H,15,17). The topological polar surface area (TPSA) is 32.3 Å². The maximum atomic E-state index is 12.1. The summed E-state index contributed by atoms with van der Waals surface area (Å²) in [4.78, 5) is 14.5. The number of nitrogens with one attached hydrogen (secondary N) is 1. The number of piperidine rings is 1. The summed E-state index contributed by atoms with van der Waals surface area (Å²) >= 11 is 4.47. The minimum absolute atomic E-state index is 0.0423. The molecule has 1 amide bonds. The fourth-order valence-electron chi connectivity index (χ4n) is 2.23. The van der Waals surface area contributed by atoms with Crippen molar-refractivity contribution < 1.29 is 4.79 Å². The van der Waals surface area contributed by atoms with Gasteiger partial charge in [-0.25, -0.2) is 0 Å². The molecule has 1 fully saturated rings. The number of carbonyl (C=O) groups is 1. The lowest BCUT2D eigenvalue weighted by atomic mass is 9.87. The second-order valence-electron chi connectivity index (χ2n) is 6.25. The van der Waals surface area contributed by atoms with Gasteiger partial charge in [-0.15, -0.1) is 0 Å². The molecule has 0 spiro atoms. The molecule has 0 bridgehead atoms. The molecule has 0 aliphatic carbocycles. The molecule has 106 valence electrons. The molecule has 18 heavy (non-hydrogen) atoms. The maximum Gasteiger partial charge on any atom is 0.223 e. The van der Waals surface area contributed by atoms with Crippen LogP contribution in [0.4, 0.5) is 0 Å². The Hall–Kier alpha value is -0.220. The van der Waals surface area contributed by atoms with Crippen LogP contribution in [0.1, 0.15) is 47.5 Å². The van der Waals surface area contributed by atoms with Crippen molar-refractivity contribution in [3.8, 4) is 0 Å². The van der Waals surface area contributed by atoms with Gasteiger partial charge in [-0.3, -0.25) is 9.69 Å². The number of likely N-dealkylation sites (tertiary alicyclic amines) is 1. The summed E-state index contributed by atoms with van der Waals surface area (Å²) in [5, 5.41) is 3.55. The number of carbonyl (C=O) groups excluding carboxylic acids is 1. The van der Waals surface area contributed by atoms with E-state index in [2.05, 4.69) is 50.5 Å². The monoisotopic (exact) mass is 272 g/mol. The van der Waals surface area contributed by atoms with Gasteiger partial charge in [0.2, 0.25) is 5.91 Å². The summed E-state index contributed by atoms with van der Waals surface area (Å²) in [5.41, 5.74) is -0.0423. The Kier molecular flexibility index (Phi) is 5.53. The lowest BCUT2D eigenvalue weighted by molar-refractivity contribution is -0.128. The van der Waals surface area contributed by atoms with Crippen LogP contribution in [0.25, 0.3) is 0 Å². The van der Waals surface area contributed by atoms with Gasteiger partial charge in [-0.1, -0.05) is 20.8 Å². The van der Waals surface area contributed by atoms with Crippen molar-refractivity contribution >= 4 is 18.5 Å². The second-order valence-corrected chi connectivity index (χ2v) is 7.00. The highest BCUT2D eigenvalue weighted by molar-refractivity contribution is 7.80. The van der Waals surface area contributed by atoms with E-state index >= 15 is 0 Å². The number of hydrogen-bond donors (Lipinski definition) is 2. The molecule has 2 unspecified atom stereocenters. The highest BCUT2D eigenvalue weighted by Crippen LogP contribution is 2.24. The van der Waals surface area contributed by atoms with E-state index in [0.29, 0.717) is 11.3 Å². The van der Waals surface area contributed by atoms with Crippen LogP contribution in [-0.2, 0) is 4.79 Å². The maximum absolute atomic E-state index is 12.1. The third-order valence-electron chi connectivity index (χ3n) is 4.27. The van der Waals surface area contributed by atoms with Crippen LogP contribution in [-0.4, -0.2) is 34.8 Å². The van der Waals surface area contributed by atoms with E-state index < -0.39 is 0 Å². The molecule has 1 aliphatic rings. The van der Waals surface area contributed by atoms with Gasteiger partial charge in [0.15, 0.2) is 0 Å². The van der Waals surface area contributed by atoms with Gasteiger partial charge in [0.25, 0.3) is 0 Å². The van der Waals surface area contributed by atoms with Crippen LogP contribution < -0.4 is 5.32 Å². The molecule has 1 saturated heterocycles. The van der Waals surface area contributed by atoms with Gasteiger partial charge in [0.05, 0.1) is 0 Å². The Morgan fingerprint density at radius 3 is 2.11 bits per heavy atom. The van der Waals surface area contributed by atoms with Crippen molar-refractivity contribution in [3.05, 3.63) is 0 Å². The summed E-state index contributed by atoms with van der Waals surface area (Å²) < 4.78 is 0. The van der Waals surface area contributed by atoms with Crippen LogP contribution in [0.3, 0.4) is 0 Å². The van der Waals surface area contributed by atoms with Crippen molar-refractivity contribution in [2.75, 3.05) is 13.1 Å². The largest absolute Gasteiger partial charge is 0.351 e. The Morgan fingerprint density at radius 1 is 1.22 bits per heavy atom. The van der Waals surface area contributed by atoms with Crippen LogP contribution in [0.2, 0.25) is 0 Å². The lowest BCUT2D eigenvalue weighted by Gasteiger charge is -2.41. The van der Waals surface area contributed by atoms with E-state index in [1.54, 1.807) is 0 Å². The molecule has 0 aromatic heterocycles.